The average Bonchev–Trinajstić information content (AvgIpc) is 2.64. The first-order chi connectivity index (χ1) is 13.0. The molecule has 0 saturated carbocycles. The second-order valence-corrected chi connectivity index (χ2v) is 6.09. The summed E-state index contributed by atoms with van der Waals surface area (Å²) < 4.78 is 32.7. The van der Waals surface area contributed by atoms with Crippen LogP contribution in [0.2, 0.25) is 5.02 Å². The van der Waals surface area contributed by atoms with E-state index in [1.807, 2.05) is 0 Å². The van der Waals surface area contributed by atoms with E-state index in [9.17, 15) is 13.6 Å². The first-order valence-electron chi connectivity index (χ1n) is 8.10. The summed E-state index contributed by atoms with van der Waals surface area (Å²) in [5.74, 6) is -0.830. The first-order valence-corrected chi connectivity index (χ1v) is 8.47. The molecule has 0 unspecified atom stereocenters. The van der Waals surface area contributed by atoms with Crippen molar-refractivity contribution in [2.75, 3.05) is 0 Å². The van der Waals surface area contributed by atoms with Crippen molar-refractivity contribution in [1.82, 2.24) is 10.3 Å². The number of nitrogens with one attached hydrogen (secondary N) is 1. The van der Waals surface area contributed by atoms with Gasteiger partial charge in [-0.3, -0.25) is 4.79 Å². The fourth-order valence-electron chi connectivity index (χ4n) is 2.41. The average molecular weight is 389 g/mol. The molecule has 2 aromatic carbocycles. The van der Waals surface area contributed by atoms with Crippen LogP contribution in [0.25, 0.3) is 0 Å². The number of pyridine rings is 1. The maximum absolute atomic E-state index is 13.8. The van der Waals surface area contributed by atoms with Crippen LogP contribution < -0.4 is 10.1 Å². The Morgan fingerprint density at radius 2 is 1.93 bits per heavy atom. The van der Waals surface area contributed by atoms with Crippen LogP contribution in [-0.2, 0) is 17.8 Å². The van der Waals surface area contributed by atoms with Crippen LogP contribution in [0.3, 0.4) is 0 Å². The Labute approximate surface area is 159 Å². The summed E-state index contributed by atoms with van der Waals surface area (Å²) in [6, 6.07) is 13.3. The van der Waals surface area contributed by atoms with Gasteiger partial charge >= 0.3 is 0 Å². The third-order valence-electron chi connectivity index (χ3n) is 3.74. The number of hydrogen-bond donors (Lipinski definition) is 1. The molecule has 0 spiro atoms. The fraction of sp³-hybridized carbons (Fsp3) is 0.100. The van der Waals surface area contributed by atoms with E-state index in [4.69, 9.17) is 16.3 Å². The molecule has 0 bridgehead atoms. The molecular formula is C20H15ClF2N2O2. The summed E-state index contributed by atoms with van der Waals surface area (Å²) >= 11 is 5.94. The summed E-state index contributed by atoms with van der Waals surface area (Å²) in [6.45, 7) is 0.114. The molecule has 3 rings (SSSR count). The molecule has 0 atom stereocenters. The molecule has 0 aliphatic carbocycles. The van der Waals surface area contributed by atoms with Gasteiger partial charge in [0.25, 0.3) is 0 Å². The van der Waals surface area contributed by atoms with Crippen LogP contribution >= 0.6 is 11.6 Å². The Balaban J connectivity index is 1.67. The minimum atomic E-state index is -0.533. The Bertz CT molecular complexity index is 946. The predicted octanol–water partition coefficient (Wildman–Crippen LogP) is 4.66. The number of rotatable bonds is 6. The molecule has 138 valence electrons. The van der Waals surface area contributed by atoms with Crippen molar-refractivity contribution in [2.24, 2.45) is 0 Å². The number of carbonyl (C=O) groups excluding carboxylic acids is 1. The van der Waals surface area contributed by atoms with Gasteiger partial charge < -0.3 is 10.1 Å². The van der Waals surface area contributed by atoms with Crippen molar-refractivity contribution in [1.29, 1.82) is 0 Å². The van der Waals surface area contributed by atoms with Crippen molar-refractivity contribution in [3.63, 3.8) is 0 Å². The van der Waals surface area contributed by atoms with E-state index in [1.54, 1.807) is 18.2 Å². The van der Waals surface area contributed by atoms with E-state index in [2.05, 4.69) is 10.3 Å². The molecule has 1 amide bonds. The zero-order valence-corrected chi connectivity index (χ0v) is 14.8. The highest BCUT2D eigenvalue weighted by atomic mass is 35.5. The number of ether oxygens (including phenoxy) is 1. The van der Waals surface area contributed by atoms with E-state index in [0.717, 1.165) is 0 Å². The zero-order valence-electron chi connectivity index (χ0n) is 14.1. The van der Waals surface area contributed by atoms with E-state index in [0.29, 0.717) is 11.3 Å². The molecule has 3 aromatic rings. The summed E-state index contributed by atoms with van der Waals surface area (Å²) in [4.78, 5) is 16.3. The van der Waals surface area contributed by atoms with Crippen LogP contribution in [0, 0.1) is 11.6 Å². The maximum atomic E-state index is 13.8. The number of nitrogens with zero attached hydrogens (tertiary/aromatic N) is 1. The van der Waals surface area contributed by atoms with Gasteiger partial charge in [-0.05, 0) is 30.3 Å². The van der Waals surface area contributed by atoms with E-state index < -0.39 is 17.5 Å². The van der Waals surface area contributed by atoms with Crippen molar-refractivity contribution in [2.45, 2.75) is 13.0 Å². The van der Waals surface area contributed by atoms with Crippen molar-refractivity contribution >= 4 is 17.5 Å². The van der Waals surface area contributed by atoms with Gasteiger partial charge in [-0.1, -0.05) is 29.8 Å². The molecule has 27 heavy (non-hydrogen) atoms. The summed E-state index contributed by atoms with van der Waals surface area (Å²) in [7, 11) is 0. The van der Waals surface area contributed by atoms with Crippen LogP contribution in [0.4, 0.5) is 8.78 Å². The molecule has 0 fully saturated rings. The molecule has 7 heteroatoms. The van der Waals surface area contributed by atoms with E-state index >= 15 is 0 Å². The van der Waals surface area contributed by atoms with Gasteiger partial charge in [0.05, 0.1) is 6.42 Å². The highest BCUT2D eigenvalue weighted by Gasteiger charge is 2.13. The van der Waals surface area contributed by atoms with E-state index in [1.165, 1.54) is 42.6 Å². The molecule has 0 radical (unpaired) electrons. The Kier molecular flexibility index (Phi) is 5.98. The Morgan fingerprint density at radius 1 is 1.11 bits per heavy atom. The lowest BCUT2D eigenvalue weighted by atomic mass is 10.1. The normalized spacial score (nSPS) is 10.5. The lowest BCUT2D eigenvalue weighted by molar-refractivity contribution is -0.120. The SMILES string of the molecule is O=C(Cc1c(F)cccc1Cl)NCc1cccnc1Oc1cccc(F)c1. The van der Waals surface area contributed by atoms with Crippen LogP contribution in [0.1, 0.15) is 11.1 Å². The van der Waals surface area contributed by atoms with Gasteiger partial charge in [0.1, 0.15) is 17.4 Å². The van der Waals surface area contributed by atoms with Crippen molar-refractivity contribution in [3.05, 3.63) is 88.6 Å². The largest absolute Gasteiger partial charge is 0.439 e. The number of hydrogen-bond acceptors (Lipinski definition) is 3. The highest BCUT2D eigenvalue weighted by Crippen LogP contribution is 2.23. The lowest BCUT2D eigenvalue weighted by Gasteiger charge is -2.11. The van der Waals surface area contributed by atoms with Gasteiger partial charge in [0, 0.05) is 35.0 Å². The molecule has 0 saturated heterocycles. The van der Waals surface area contributed by atoms with Crippen molar-refractivity contribution < 1.29 is 18.3 Å². The molecule has 0 aliphatic rings. The lowest BCUT2D eigenvalue weighted by Crippen LogP contribution is -2.25. The van der Waals surface area contributed by atoms with Crippen molar-refractivity contribution in [3.8, 4) is 11.6 Å². The minimum Gasteiger partial charge on any atom is -0.439 e. The Morgan fingerprint density at radius 3 is 2.70 bits per heavy atom. The standard InChI is InChI=1S/C20H15ClF2N2O2/c21-17-7-2-8-18(23)16(17)11-19(26)25-12-13-4-3-9-24-20(13)27-15-6-1-5-14(22)10-15/h1-10H,11-12H2,(H,25,26). The fourth-order valence-corrected chi connectivity index (χ4v) is 2.64. The molecule has 1 heterocycles. The van der Waals surface area contributed by atoms with Crippen LogP contribution in [-0.4, -0.2) is 10.9 Å². The first kappa shape index (κ1) is 18.8. The summed E-state index contributed by atoms with van der Waals surface area (Å²) in [6.07, 6.45) is 1.34. The third kappa shape index (κ3) is 5.01. The van der Waals surface area contributed by atoms with Gasteiger partial charge in [-0.15, -0.1) is 0 Å². The second kappa shape index (κ2) is 8.60. The summed E-state index contributed by atoms with van der Waals surface area (Å²) in [5, 5.41) is 2.88. The van der Waals surface area contributed by atoms with E-state index in [-0.39, 0.29) is 29.4 Å². The highest BCUT2D eigenvalue weighted by molar-refractivity contribution is 6.31. The molecular weight excluding hydrogens is 374 g/mol. The molecule has 1 aromatic heterocycles. The molecule has 0 aliphatic heterocycles. The molecule has 4 nitrogen and oxygen atoms in total. The number of amides is 1. The Hall–Kier alpha value is -2.99. The minimum absolute atomic E-state index is 0.114. The van der Waals surface area contributed by atoms with Crippen LogP contribution in [0.5, 0.6) is 11.6 Å². The van der Waals surface area contributed by atoms with Crippen LogP contribution in [0.15, 0.2) is 60.8 Å². The second-order valence-electron chi connectivity index (χ2n) is 5.68. The third-order valence-corrected chi connectivity index (χ3v) is 4.09. The number of benzene rings is 2. The topological polar surface area (TPSA) is 51.2 Å². The zero-order chi connectivity index (χ0) is 19.2. The monoisotopic (exact) mass is 388 g/mol. The maximum Gasteiger partial charge on any atom is 0.224 e. The van der Waals surface area contributed by atoms with Gasteiger partial charge in [0.2, 0.25) is 11.8 Å². The molecule has 1 N–H and O–H groups in total. The number of aromatic nitrogens is 1. The quantitative estimate of drug-likeness (QED) is 0.668. The smallest absolute Gasteiger partial charge is 0.224 e. The van der Waals surface area contributed by atoms with Gasteiger partial charge in [0.15, 0.2) is 0 Å². The predicted molar refractivity (Wildman–Crippen MR) is 97.7 cm³/mol. The number of halogens is 3. The summed E-state index contributed by atoms with van der Waals surface area (Å²) in [5.41, 5.74) is 0.730. The van der Waals surface area contributed by atoms with Gasteiger partial charge in [-0.2, -0.15) is 0 Å². The number of carbonyl (C=O) groups is 1. The van der Waals surface area contributed by atoms with Gasteiger partial charge in [-0.25, -0.2) is 13.8 Å².